The zero-order valence-corrected chi connectivity index (χ0v) is 16.1. The van der Waals surface area contributed by atoms with E-state index in [1.807, 2.05) is 6.08 Å². The van der Waals surface area contributed by atoms with Gasteiger partial charge < -0.3 is 10.8 Å². The van der Waals surface area contributed by atoms with Crippen LogP contribution in [0.3, 0.4) is 0 Å². The monoisotopic (exact) mass is 358 g/mol. The molecule has 1 fully saturated rings. The fourth-order valence-electron chi connectivity index (χ4n) is 4.23. The average Bonchev–Trinajstić information content (AvgIpc) is 2.84. The third-order valence-corrected chi connectivity index (χ3v) is 5.81. The second kappa shape index (κ2) is 9.48. The van der Waals surface area contributed by atoms with E-state index in [1.54, 1.807) is 6.21 Å². The molecular weight excluding hydrogens is 328 g/mol. The quantitative estimate of drug-likeness (QED) is 0.341. The molecule has 0 radical (unpaired) electrons. The highest BCUT2D eigenvalue weighted by molar-refractivity contribution is 5.84. The van der Waals surface area contributed by atoms with E-state index in [0.29, 0.717) is 5.92 Å². The van der Waals surface area contributed by atoms with E-state index in [4.69, 9.17) is 10.8 Å². The predicted molar refractivity (Wildman–Crippen MR) is 116 cm³/mol. The number of allylic oxidation sites excluding steroid dienone is 4. The zero-order valence-electron chi connectivity index (χ0n) is 16.1. The van der Waals surface area contributed by atoms with Crippen molar-refractivity contribution in [1.29, 1.82) is 10.8 Å². The van der Waals surface area contributed by atoms with Gasteiger partial charge in [0.2, 0.25) is 0 Å². The van der Waals surface area contributed by atoms with Gasteiger partial charge in [-0.1, -0.05) is 43.3 Å². The van der Waals surface area contributed by atoms with Gasteiger partial charge >= 0.3 is 0 Å². The van der Waals surface area contributed by atoms with Crippen molar-refractivity contribution >= 4 is 17.5 Å². The summed E-state index contributed by atoms with van der Waals surface area (Å²) in [6.45, 7) is 4.15. The van der Waals surface area contributed by atoms with Crippen LogP contribution in [0.5, 0.6) is 0 Å². The fourth-order valence-corrected chi connectivity index (χ4v) is 4.23. The first-order chi connectivity index (χ1) is 13.2. The topological polar surface area (TPSA) is 47.7 Å². The second-order valence-corrected chi connectivity index (χ2v) is 7.80. The number of fused-ring (bicyclic) bond motifs is 1. The molecule has 0 aromatic heterocycles. The molecule has 0 spiro atoms. The van der Waals surface area contributed by atoms with Gasteiger partial charge in [-0.2, -0.15) is 0 Å². The lowest BCUT2D eigenvalue weighted by Gasteiger charge is -2.22. The molecule has 2 nitrogen and oxygen atoms in total. The standard InChI is InChI=1S/C25H30N2/c1-19-7-2-3-9-21-10-4-5-12-24(21)25(17-19)22(18-26)15-13-20-8-6-11-23(27)16-14-20/h3-5,7,10,12,17-18,20,22,26-27H,1,6,8-9,11,13-16H2. The molecule has 1 aromatic carbocycles. The lowest BCUT2D eigenvalue weighted by atomic mass is 9.83. The van der Waals surface area contributed by atoms with E-state index in [2.05, 4.69) is 48.7 Å². The Morgan fingerprint density at radius 3 is 2.93 bits per heavy atom. The second-order valence-electron chi connectivity index (χ2n) is 7.80. The molecule has 2 unspecified atom stereocenters. The van der Waals surface area contributed by atoms with Gasteiger partial charge in [-0.25, -0.2) is 0 Å². The molecule has 1 saturated carbocycles. The Kier molecular flexibility index (Phi) is 6.79. The Labute approximate surface area is 163 Å². The van der Waals surface area contributed by atoms with Crippen LogP contribution < -0.4 is 0 Å². The number of benzene rings is 1. The maximum atomic E-state index is 8.11. The molecule has 2 aliphatic rings. The smallest absolute Gasteiger partial charge is 0.0192 e. The number of hydrogen-bond donors (Lipinski definition) is 2. The Bertz CT molecular complexity index is 805. The Hall–Kier alpha value is -2.44. The molecule has 0 saturated heterocycles. The molecule has 2 N–H and O–H groups in total. The third-order valence-electron chi connectivity index (χ3n) is 5.81. The van der Waals surface area contributed by atoms with Crippen molar-refractivity contribution in [3.63, 3.8) is 0 Å². The van der Waals surface area contributed by atoms with Gasteiger partial charge in [-0.3, -0.25) is 0 Å². The molecule has 27 heavy (non-hydrogen) atoms. The minimum Gasteiger partial charge on any atom is -0.312 e. The van der Waals surface area contributed by atoms with Crippen LogP contribution in [0.2, 0.25) is 0 Å². The molecule has 0 heterocycles. The summed E-state index contributed by atoms with van der Waals surface area (Å²) in [5.41, 5.74) is 8.81. The van der Waals surface area contributed by atoms with E-state index in [-0.39, 0.29) is 5.92 Å². The lowest BCUT2D eigenvalue weighted by molar-refractivity contribution is 0.412. The summed E-state index contributed by atoms with van der Waals surface area (Å²) in [4.78, 5) is 0. The van der Waals surface area contributed by atoms with Gasteiger partial charge in [-0.15, -0.1) is 5.73 Å². The highest BCUT2D eigenvalue weighted by atomic mass is 14.4. The molecule has 140 valence electrons. The number of nitrogens with one attached hydrogen (secondary N) is 2. The van der Waals surface area contributed by atoms with Crippen molar-refractivity contribution in [3.05, 3.63) is 71.5 Å². The average molecular weight is 359 g/mol. The van der Waals surface area contributed by atoms with E-state index in [1.165, 1.54) is 23.1 Å². The Morgan fingerprint density at radius 2 is 2.07 bits per heavy atom. The van der Waals surface area contributed by atoms with Gasteiger partial charge in [0.15, 0.2) is 0 Å². The summed E-state index contributed by atoms with van der Waals surface area (Å²) in [7, 11) is 0. The molecular formula is C25H30N2. The normalized spacial score (nSPS) is 21.3. The van der Waals surface area contributed by atoms with E-state index in [9.17, 15) is 0 Å². The van der Waals surface area contributed by atoms with Crippen LogP contribution in [-0.2, 0) is 6.42 Å². The van der Waals surface area contributed by atoms with Crippen LogP contribution in [-0.4, -0.2) is 11.9 Å². The van der Waals surface area contributed by atoms with E-state index < -0.39 is 0 Å². The summed E-state index contributed by atoms with van der Waals surface area (Å²) >= 11 is 0. The maximum absolute atomic E-state index is 8.11. The molecule has 2 atom stereocenters. The highest BCUT2D eigenvalue weighted by Crippen LogP contribution is 2.34. The highest BCUT2D eigenvalue weighted by Gasteiger charge is 2.20. The largest absolute Gasteiger partial charge is 0.312 e. The summed E-state index contributed by atoms with van der Waals surface area (Å²) in [6, 6.07) is 8.52. The van der Waals surface area contributed by atoms with Gasteiger partial charge in [0, 0.05) is 17.8 Å². The van der Waals surface area contributed by atoms with Gasteiger partial charge in [0.25, 0.3) is 0 Å². The van der Waals surface area contributed by atoms with Crippen molar-refractivity contribution in [2.45, 2.75) is 51.4 Å². The van der Waals surface area contributed by atoms with Crippen LogP contribution in [0.15, 0.2) is 60.4 Å². The number of rotatable bonds is 5. The molecule has 0 aliphatic heterocycles. The Balaban J connectivity index is 1.82. The molecule has 2 heteroatoms. The van der Waals surface area contributed by atoms with Crippen LogP contribution in [0.4, 0.5) is 0 Å². The van der Waals surface area contributed by atoms with Crippen molar-refractivity contribution in [1.82, 2.24) is 0 Å². The first-order valence-electron chi connectivity index (χ1n) is 10.1. The molecule has 1 aromatic rings. The van der Waals surface area contributed by atoms with E-state index >= 15 is 0 Å². The maximum Gasteiger partial charge on any atom is 0.0192 e. The lowest BCUT2D eigenvalue weighted by Crippen LogP contribution is -2.10. The van der Waals surface area contributed by atoms with Crippen LogP contribution in [0, 0.1) is 22.7 Å². The van der Waals surface area contributed by atoms with Gasteiger partial charge in [-0.05, 0) is 85.3 Å². The summed E-state index contributed by atoms with van der Waals surface area (Å²) in [5.74, 6) is 0.796. The molecule has 0 bridgehead atoms. The first kappa shape index (κ1) is 19.3. The fraction of sp³-hybridized carbons (Fsp3) is 0.400. The first-order valence-corrected chi connectivity index (χ1v) is 10.1. The van der Waals surface area contributed by atoms with Crippen LogP contribution >= 0.6 is 0 Å². The zero-order chi connectivity index (χ0) is 19.1. The minimum absolute atomic E-state index is 0.108. The summed E-state index contributed by atoms with van der Waals surface area (Å²) in [5, 5.41) is 16.0. The van der Waals surface area contributed by atoms with Crippen LogP contribution in [0.1, 0.15) is 56.1 Å². The minimum atomic E-state index is 0.108. The van der Waals surface area contributed by atoms with Gasteiger partial charge in [0.1, 0.15) is 0 Å². The van der Waals surface area contributed by atoms with Crippen molar-refractivity contribution < 1.29 is 0 Å². The molecule has 2 aliphatic carbocycles. The van der Waals surface area contributed by atoms with Crippen molar-refractivity contribution in [2.24, 2.45) is 11.8 Å². The Morgan fingerprint density at radius 1 is 1.22 bits per heavy atom. The number of hydrogen-bond acceptors (Lipinski definition) is 2. The molecule has 0 amide bonds. The van der Waals surface area contributed by atoms with E-state index in [0.717, 1.165) is 56.2 Å². The predicted octanol–water partition coefficient (Wildman–Crippen LogP) is 6.54. The summed E-state index contributed by atoms with van der Waals surface area (Å²) in [6.07, 6.45) is 16.2. The SMILES string of the molecule is C=C1C=C=CCc2ccccc2C(C(C=N)CCC2CCCC(=N)CC2)=C1. The van der Waals surface area contributed by atoms with Gasteiger partial charge in [0.05, 0.1) is 0 Å². The van der Waals surface area contributed by atoms with Crippen molar-refractivity contribution in [3.8, 4) is 0 Å². The van der Waals surface area contributed by atoms with Crippen LogP contribution in [0.25, 0.3) is 5.57 Å². The summed E-state index contributed by atoms with van der Waals surface area (Å²) < 4.78 is 0. The van der Waals surface area contributed by atoms with Crippen molar-refractivity contribution in [2.75, 3.05) is 0 Å². The third kappa shape index (κ3) is 5.28. The molecule has 3 rings (SSSR count).